The molecule has 0 aliphatic carbocycles. The van der Waals surface area contributed by atoms with Gasteiger partial charge in [0.25, 0.3) is 5.91 Å². The Kier molecular flexibility index (Phi) is 4.86. The third-order valence-corrected chi connectivity index (χ3v) is 2.76. The molecule has 0 aliphatic heterocycles. The Morgan fingerprint density at radius 3 is 2.58 bits per heavy atom. The third-order valence-electron chi connectivity index (χ3n) is 2.76. The Hall–Kier alpha value is -2.11. The van der Waals surface area contributed by atoms with Gasteiger partial charge < -0.3 is 16.0 Å². The average molecular weight is 267 g/mol. The van der Waals surface area contributed by atoms with Gasteiger partial charge in [-0.3, -0.25) is 9.59 Å². The molecule has 6 heteroatoms. The van der Waals surface area contributed by atoms with Gasteiger partial charge in [-0.2, -0.15) is 0 Å². The predicted octanol–water partition coefficient (Wildman–Crippen LogP) is 0.862. The summed E-state index contributed by atoms with van der Waals surface area (Å²) >= 11 is 0. The summed E-state index contributed by atoms with van der Waals surface area (Å²) in [5.41, 5.74) is 5.85. The zero-order valence-electron chi connectivity index (χ0n) is 11.2. The summed E-state index contributed by atoms with van der Waals surface area (Å²) in [6.45, 7) is 1.96. The maximum Gasteiger partial charge on any atom is 0.253 e. The van der Waals surface area contributed by atoms with Gasteiger partial charge in [0.15, 0.2) is 0 Å². The molecule has 0 saturated carbocycles. The maximum absolute atomic E-state index is 13.2. The minimum Gasteiger partial charge on any atom is -0.399 e. The van der Waals surface area contributed by atoms with Gasteiger partial charge in [0.2, 0.25) is 5.91 Å². The molecule has 104 valence electrons. The van der Waals surface area contributed by atoms with Crippen LogP contribution in [0.1, 0.15) is 17.3 Å². The van der Waals surface area contributed by atoms with Crippen LogP contribution < -0.4 is 11.1 Å². The second-order valence-electron chi connectivity index (χ2n) is 4.47. The van der Waals surface area contributed by atoms with Gasteiger partial charge in [0.1, 0.15) is 5.82 Å². The molecule has 1 atom stereocenters. The van der Waals surface area contributed by atoms with Crippen molar-refractivity contribution in [3.63, 3.8) is 0 Å². The van der Waals surface area contributed by atoms with Gasteiger partial charge in [0.05, 0.1) is 5.92 Å². The molecule has 5 nitrogen and oxygen atoms in total. The number of carbonyl (C=O) groups is 2. The smallest absolute Gasteiger partial charge is 0.253 e. The van der Waals surface area contributed by atoms with Gasteiger partial charge in [-0.1, -0.05) is 6.92 Å². The Balaban J connectivity index is 2.79. The van der Waals surface area contributed by atoms with Crippen LogP contribution in [0.25, 0.3) is 0 Å². The zero-order valence-corrected chi connectivity index (χ0v) is 11.2. The van der Waals surface area contributed by atoms with Gasteiger partial charge in [-0.15, -0.1) is 0 Å². The fraction of sp³-hybridized carbons (Fsp3) is 0.385. The Bertz CT molecular complexity index is 471. The van der Waals surface area contributed by atoms with Crippen LogP contribution >= 0.6 is 0 Å². The van der Waals surface area contributed by atoms with Gasteiger partial charge in [0, 0.05) is 31.9 Å². The quantitative estimate of drug-likeness (QED) is 0.795. The Morgan fingerprint density at radius 1 is 1.42 bits per heavy atom. The van der Waals surface area contributed by atoms with Crippen molar-refractivity contribution in [2.45, 2.75) is 6.92 Å². The molecule has 3 N–H and O–H groups in total. The number of nitrogens with one attached hydrogen (secondary N) is 1. The maximum atomic E-state index is 13.2. The van der Waals surface area contributed by atoms with Crippen LogP contribution in [0.4, 0.5) is 10.1 Å². The number of amides is 2. The average Bonchev–Trinajstić information content (AvgIpc) is 2.35. The number of nitrogens with zero attached hydrogens (tertiary/aromatic N) is 1. The van der Waals surface area contributed by atoms with E-state index in [9.17, 15) is 14.0 Å². The van der Waals surface area contributed by atoms with Crippen molar-refractivity contribution in [2.75, 3.05) is 26.4 Å². The fourth-order valence-electron chi connectivity index (χ4n) is 1.78. The number of carbonyl (C=O) groups excluding carboxylic acids is 2. The molecule has 0 radical (unpaired) electrons. The molecule has 0 aromatic heterocycles. The molecular formula is C13H18FN3O2. The van der Waals surface area contributed by atoms with E-state index in [1.54, 1.807) is 14.0 Å². The number of anilines is 1. The lowest BCUT2D eigenvalue weighted by molar-refractivity contribution is -0.124. The number of rotatable bonds is 4. The van der Waals surface area contributed by atoms with E-state index in [1.165, 1.54) is 18.0 Å². The van der Waals surface area contributed by atoms with Crippen LogP contribution in [0.15, 0.2) is 18.2 Å². The fourth-order valence-corrected chi connectivity index (χ4v) is 1.78. The Labute approximate surface area is 111 Å². The highest BCUT2D eigenvalue weighted by atomic mass is 19.1. The van der Waals surface area contributed by atoms with Crippen LogP contribution in [-0.4, -0.2) is 37.4 Å². The normalized spacial score (nSPS) is 11.8. The van der Waals surface area contributed by atoms with Crippen molar-refractivity contribution in [1.29, 1.82) is 0 Å². The molecule has 0 fully saturated rings. The van der Waals surface area contributed by atoms with Gasteiger partial charge in [-0.25, -0.2) is 4.39 Å². The van der Waals surface area contributed by atoms with Gasteiger partial charge in [-0.05, 0) is 18.2 Å². The van der Waals surface area contributed by atoms with Crippen LogP contribution in [0.5, 0.6) is 0 Å². The van der Waals surface area contributed by atoms with E-state index in [4.69, 9.17) is 5.73 Å². The van der Waals surface area contributed by atoms with Crippen LogP contribution in [0.3, 0.4) is 0 Å². The molecular weight excluding hydrogens is 249 g/mol. The molecule has 0 aliphatic rings. The topological polar surface area (TPSA) is 75.4 Å². The molecule has 1 rings (SSSR count). The van der Waals surface area contributed by atoms with Crippen molar-refractivity contribution in [3.8, 4) is 0 Å². The van der Waals surface area contributed by atoms with Crippen molar-refractivity contribution >= 4 is 17.5 Å². The van der Waals surface area contributed by atoms with Crippen molar-refractivity contribution in [2.24, 2.45) is 5.92 Å². The molecule has 0 heterocycles. The summed E-state index contributed by atoms with van der Waals surface area (Å²) in [4.78, 5) is 24.8. The lowest BCUT2D eigenvalue weighted by Crippen LogP contribution is -2.37. The summed E-state index contributed by atoms with van der Waals surface area (Å²) in [5.74, 6) is -1.43. The van der Waals surface area contributed by atoms with Crippen LogP contribution in [-0.2, 0) is 4.79 Å². The molecule has 0 bridgehead atoms. The second-order valence-corrected chi connectivity index (χ2v) is 4.47. The monoisotopic (exact) mass is 267 g/mol. The van der Waals surface area contributed by atoms with Crippen molar-refractivity contribution < 1.29 is 14.0 Å². The van der Waals surface area contributed by atoms with E-state index in [1.807, 2.05) is 0 Å². The summed E-state index contributed by atoms with van der Waals surface area (Å²) in [6.07, 6.45) is 0. The first-order valence-electron chi connectivity index (χ1n) is 5.88. The Morgan fingerprint density at radius 2 is 2.05 bits per heavy atom. The van der Waals surface area contributed by atoms with Crippen molar-refractivity contribution in [3.05, 3.63) is 29.6 Å². The van der Waals surface area contributed by atoms with Gasteiger partial charge >= 0.3 is 0 Å². The summed E-state index contributed by atoms with van der Waals surface area (Å²) in [7, 11) is 3.09. The first-order valence-corrected chi connectivity index (χ1v) is 5.88. The highest BCUT2D eigenvalue weighted by Crippen LogP contribution is 2.13. The van der Waals surface area contributed by atoms with E-state index in [-0.39, 0.29) is 35.5 Å². The largest absolute Gasteiger partial charge is 0.399 e. The predicted molar refractivity (Wildman–Crippen MR) is 71.0 cm³/mol. The van der Waals surface area contributed by atoms with Crippen LogP contribution in [0.2, 0.25) is 0 Å². The lowest BCUT2D eigenvalue weighted by Gasteiger charge is -2.21. The van der Waals surface area contributed by atoms with E-state index < -0.39 is 5.82 Å². The molecule has 0 spiro atoms. The molecule has 1 aromatic carbocycles. The van der Waals surface area contributed by atoms with E-state index >= 15 is 0 Å². The summed E-state index contributed by atoms with van der Waals surface area (Å²) in [5, 5.41) is 2.51. The lowest BCUT2D eigenvalue weighted by atomic mass is 10.1. The molecule has 1 aromatic rings. The van der Waals surface area contributed by atoms with E-state index in [2.05, 4.69) is 5.32 Å². The summed E-state index contributed by atoms with van der Waals surface area (Å²) in [6, 6.07) is 3.68. The number of nitrogen functional groups attached to an aromatic ring is 1. The number of hydrogen-bond acceptors (Lipinski definition) is 3. The summed E-state index contributed by atoms with van der Waals surface area (Å²) < 4.78 is 13.2. The first-order chi connectivity index (χ1) is 8.85. The third kappa shape index (κ3) is 3.94. The standard InChI is InChI=1S/C13H18FN3O2/c1-8(12(18)16-2)7-17(3)13(19)9-4-10(14)6-11(15)5-9/h4-6,8H,7,15H2,1-3H3,(H,16,18). The van der Waals surface area contributed by atoms with Crippen molar-refractivity contribution in [1.82, 2.24) is 10.2 Å². The first kappa shape index (κ1) is 14.9. The van der Waals surface area contributed by atoms with Crippen LogP contribution in [0, 0.1) is 11.7 Å². The van der Waals surface area contributed by atoms with E-state index in [0.29, 0.717) is 0 Å². The molecule has 1 unspecified atom stereocenters. The molecule has 0 saturated heterocycles. The van der Waals surface area contributed by atoms with E-state index in [0.717, 1.165) is 12.1 Å². The SMILES string of the molecule is CNC(=O)C(C)CN(C)C(=O)c1cc(N)cc(F)c1. The highest BCUT2D eigenvalue weighted by molar-refractivity contribution is 5.95. The number of hydrogen-bond donors (Lipinski definition) is 2. The number of nitrogens with two attached hydrogens (primary N) is 1. The minimum atomic E-state index is -0.559. The minimum absolute atomic E-state index is 0.154. The number of halogens is 1. The highest BCUT2D eigenvalue weighted by Gasteiger charge is 2.19. The zero-order chi connectivity index (χ0) is 14.6. The second kappa shape index (κ2) is 6.17. The number of benzene rings is 1. The molecule has 2 amide bonds. The molecule has 19 heavy (non-hydrogen) atoms.